The number of hydrogen-bond donors (Lipinski definition) is 2. The van der Waals surface area contributed by atoms with Crippen molar-refractivity contribution < 1.29 is 14.0 Å². The molecule has 0 bridgehead atoms. The number of fused-ring (bicyclic) bond motifs is 1. The van der Waals surface area contributed by atoms with Gasteiger partial charge in [-0.2, -0.15) is 5.10 Å². The molecule has 0 saturated heterocycles. The molecule has 6 nitrogen and oxygen atoms in total. The Balaban J connectivity index is 1.34. The van der Waals surface area contributed by atoms with Crippen LogP contribution in [-0.2, 0) is 5.54 Å². The Morgan fingerprint density at radius 1 is 0.868 bits per heavy atom. The summed E-state index contributed by atoms with van der Waals surface area (Å²) >= 11 is 0. The SMILES string of the molecule is NC(=O)c1c(-c2ccc(F)cc2)nn2ccc(-c3cccc(C(=O)NC4(c5ccccc5)CCC4)c3)cc12. The van der Waals surface area contributed by atoms with Crippen molar-refractivity contribution in [2.45, 2.75) is 24.8 Å². The van der Waals surface area contributed by atoms with Crippen LogP contribution in [0, 0.1) is 5.82 Å². The molecule has 1 aliphatic rings. The molecule has 5 aromatic rings. The smallest absolute Gasteiger partial charge is 0.253 e. The normalized spacial score (nSPS) is 14.1. The molecule has 2 heterocycles. The van der Waals surface area contributed by atoms with Gasteiger partial charge in [0.1, 0.15) is 11.5 Å². The molecular weight excluding hydrogens is 479 g/mol. The van der Waals surface area contributed by atoms with Crippen molar-refractivity contribution in [3.63, 3.8) is 0 Å². The van der Waals surface area contributed by atoms with Gasteiger partial charge in [0.05, 0.1) is 16.6 Å². The van der Waals surface area contributed by atoms with Gasteiger partial charge in [0.15, 0.2) is 0 Å². The third kappa shape index (κ3) is 4.12. The molecule has 2 aromatic heterocycles. The minimum Gasteiger partial charge on any atom is -0.365 e. The molecule has 3 N–H and O–H groups in total. The highest BCUT2D eigenvalue weighted by molar-refractivity contribution is 6.06. The summed E-state index contributed by atoms with van der Waals surface area (Å²) in [5.74, 6) is -1.13. The molecule has 1 saturated carbocycles. The van der Waals surface area contributed by atoms with E-state index >= 15 is 0 Å². The summed E-state index contributed by atoms with van der Waals surface area (Å²) in [5.41, 5.74) is 10.5. The first kappa shape index (κ1) is 23.6. The molecule has 0 atom stereocenters. The van der Waals surface area contributed by atoms with Gasteiger partial charge in [0.2, 0.25) is 0 Å². The average Bonchev–Trinajstić information content (AvgIpc) is 3.31. The quantitative estimate of drug-likeness (QED) is 0.310. The van der Waals surface area contributed by atoms with Crippen molar-refractivity contribution >= 4 is 17.3 Å². The summed E-state index contributed by atoms with van der Waals surface area (Å²) in [5, 5.41) is 7.81. The van der Waals surface area contributed by atoms with Crippen molar-refractivity contribution in [1.29, 1.82) is 0 Å². The van der Waals surface area contributed by atoms with Crippen LogP contribution in [0.15, 0.2) is 97.2 Å². The fraction of sp³-hybridized carbons (Fsp3) is 0.129. The molecular formula is C31H25FN4O2. The number of nitrogens with one attached hydrogen (secondary N) is 1. The van der Waals surface area contributed by atoms with E-state index in [2.05, 4.69) is 22.5 Å². The second-order valence-electron chi connectivity index (χ2n) is 9.68. The van der Waals surface area contributed by atoms with Crippen LogP contribution in [0.4, 0.5) is 4.39 Å². The number of pyridine rings is 1. The lowest BCUT2D eigenvalue weighted by Gasteiger charge is -2.43. The minimum atomic E-state index is -0.628. The zero-order valence-corrected chi connectivity index (χ0v) is 20.5. The molecule has 0 spiro atoms. The molecule has 2 amide bonds. The second kappa shape index (κ2) is 9.27. The van der Waals surface area contributed by atoms with Crippen molar-refractivity contribution in [2.24, 2.45) is 5.73 Å². The Hall–Kier alpha value is -4.78. The van der Waals surface area contributed by atoms with Crippen LogP contribution in [-0.4, -0.2) is 21.4 Å². The summed E-state index contributed by atoms with van der Waals surface area (Å²) in [4.78, 5) is 25.8. The van der Waals surface area contributed by atoms with Crippen LogP contribution >= 0.6 is 0 Å². The van der Waals surface area contributed by atoms with Crippen LogP contribution in [0.5, 0.6) is 0 Å². The fourth-order valence-electron chi connectivity index (χ4n) is 5.18. The highest BCUT2D eigenvalue weighted by Gasteiger charge is 2.40. The van der Waals surface area contributed by atoms with Gasteiger partial charge in [-0.3, -0.25) is 9.59 Å². The van der Waals surface area contributed by atoms with Crippen LogP contribution in [0.25, 0.3) is 27.9 Å². The van der Waals surface area contributed by atoms with E-state index in [-0.39, 0.29) is 22.8 Å². The maximum Gasteiger partial charge on any atom is 0.253 e. The zero-order chi connectivity index (χ0) is 26.3. The molecule has 0 unspecified atom stereocenters. The topological polar surface area (TPSA) is 89.5 Å². The first-order valence-corrected chi connectivity index (χ1v) is 12.5. The number of nitrogens with two attached hydrogens (primary N) is 1. The predicted octanol–water partition coefficient (Wildman–Crippen LogP) is 5.72. The highest BCUT2D eigenvalue weighted by Crippen LogP contribution is 2.41. The third-order valence-corrected chi connectivity index (χ3v) is 7.34. The number of primary amides is 1. The summed E-state index contributed by atoms with van der Waals surface area (Å²) in [6.45, 7) is 0. The van der Waals surface area contributed by atoms with E-state index in [1.165, 1.54) is 12.1 Å². The molecule has 188 valence electrons. The Bertz CT molecular complexity index is 1670. The number of benzene rings is 3. The van der Waals surface area contributed by atoms with Gasteiger partial charge in [0.25, 0.3) is 11.8 Å². The maximum atomic E-state index is 13.5. The van der Waals surface area contributed by atoms with E-state index in [9.17, 15) is 14.0 Å². The Kier molecular flexibility index (Phi) is 5.76. The van der Waals surface area contributed by atoms with E-state index in [1.54, 1.807) is 28.9 Å². The number of hydrogen-bond acceptors (Lipinski definition) is 3. The van der Waals surface area contributed by atoms with Crippen molar-refractivity contribution in [1.82, 2.24) is 14.9 Å². The van der Waals surface area contributed by atoms with Crippen LogP contribution in [0.3, 0.4) is 0 Å². The molecule has 3 aromatic carbocycles. The second-order valence-corrected chi connectivity index (χ2v) is 9.68. The molecule has 1 fully saturated rings. The van der Waals surface area contributed by atoms with Crippen LogP contribution < -0.4 is 11.1 Å². The number of rotatable bonds is 6. The van der Waals surface area contributed by atoms with Gasteiger partial charge < -0.3 is 11.1 Å². The van der Waals surface area contributed by atoms with Gasteiger partial charge >= 0.3 is 0 Å². The molecule has 1 aliphatic carbocycles. The molecule has 7 heteroatoms. The highest BCUT2D eigenvalue weighted by atomic mass is 19.1. The van der Waals surface area contributed by atoms with Crippen molar-refractivity contribution in [3.05, 3.63) is 120 Å². The van der Waals surface area contributed by atoms with Crippen LogP contribution in [0.1, 0.15) is 45.5 Å². The largest absolute Gasteiger partial charge is 0.365 e. The van der Waals surface area contributed by atoms with E-state index in [4.69, 9.17) is 5.73 Å². The van der Waals surface area contributed by atoms with Crippen molar-refractivity contribution in [2.75, 3.05) is 0 Å². The van der Waals surface area contributed by atoms with E-state index in [0.29, 0.717) is 22.3 Å². The summed E-state index contributed by atoms with van der Waals surface area (Å²) in [6.07, 6.45) is 4.64. The molecule has 38 heavy (non-hydrogen) atoms. The minimum absolute atomic E-state index is 0.128. The Morgan fingerprint density at radius 2 is 1.61 bits per heavy atom. The maximum absolute atomic E-state index is 13.5. The summed E-state index contributed by atoms with van der Waals surface area (Å²) in [7, 11) is 0. The van der Waals surface area contributed by atoms with Crippen molar-refractivity contribution in [3.8, 4) is 22.4 Å². The number of aromatic nitrogens is 2. The zero-order valence-electron chi connectivity index (χ0n) is 20.5. The van der Waals surface area contributed by atoms with E-state index < -0.39 is 5.91 Å². The van der Waals surface area contributed by atoms with Gasteiger partial charge in [-0.05, 0) is 84.5 Å². The van der Waals surface area contributed by atoms with Gasteiger partial charge in [-0.1, -0.05) is 42.5 Å². The third-order valence-electron chi connectivity index (χ3n) is 7.34. The molecule has 0 radical (unpaired) electrons. The monoisotopic (exact) mass is 504 g/mol. The van der Waals surface area contributed by atoms with Gasteiger partial charge in [-0.15, -0.1) is 0 Å². The fourth-order valence-corrected chi connectivity index (χ4v) is 5.18. The first-order valence-electron chi connectivity index (χ1n) is 12.5. The lowest BCUT2D eigenvalue weighted by Crippen LogP contribution is -2.50. The Morgan fingerprint density at radius 3 is 2.29 bits per heavy atom. The number of carbonyl (C=O) groups is 2. The number of nitrogens with zero attached hydrogens (tertiary/aromatic N) is 2. The summed E-state index contributed by atoms with van der Waals surface area (Å²) < 4.78 is 15.0. The number of carbonyl (C=O) groups excluding carboxylic acids is 2. The molecule has 0 aliphatic heterocycles. The lowest BCUT2D eigenvalue weighted by atomic mass is 9.71. The first-order chi connectivity index (χ1) is 18.4. The number of halogens is 1. The van der Waals surface area contributed by atoms with Gasteiger partial charge in [-0.25, -0.2) is 8.91 Å². The number of amides is 2. The Labute approximate surface area is 218 Å². The lowest BCUT2D eigenvalue weighted by molar-refractivity contribution is 0.0823. The van der Waals surface area contributed by atoms with Gasteiger partial charge in [0, 0.05) is 17.3 Å². The molecule has 6 rings (SSSR count). The predicted molar refractivity (Wildman–Crippen MR) is 144 cm³/mol. The van der Waals surface area contributed by atoms with Crippen LogP contribution in [0.2, 0.25) is 0 Å². The summed E-state index contributed by atoms with van der Waals surface area (Å²) in [6, 6.07) is 27.0. The van der Waals surface area contributed by atoms with E-state index in [1.807, 2.05) is 48.5 Å². The van der Waals surface area contributed by atoms with E-state index in [0.717, 1.165) is 36.0 Å². The average molecular weight is 505 g/mol. The standard InChI is InChI=1S/C31H25FN4O2/c32-25-12-10-20(11-13-25)28-27(29(33)37)26-19-22(14-17-36(26)35-28)21-6-4-7-23(18-21)30(38)34-31(15-5-16-31)24-8-2-1-3-9-24/h1-4,6-14,17-19H,5,15-16H2,(H2,33,37)(H,34,38).